The van der Waals surface area contributed by atoms with Crippen molar-refractivity contribution in [2.45, 2.75) is 13.2 Å². The molecule has 1 aromatic heterocycles. The number of furan rings is 1. The van der Waals surface area contributed by atoms with E-state index in [1.54, 1.807) is 37.4 Å². The summed E-state index contributed by atoms with van der Waals surface area (Å²) in [7, 11) is 1.59. The van der Waals surface area contributed by atoms with Gasteiger partial charge in [-0.25, -0.2) is 4.39 Å². The van der Waals surface area contributed by atoms with Crippen LogP contribution in [0.2, 0.25) is 0 Å². The van der Waals surface area contributed by atoms with Gasteiger partial charge < -0.3 is 19.2 Å². The highest BCUT2D eigenvalue weighted by molar-refractivity contribution is 5.91. The van der Waals surface area contributed by atoms with E-state index in [2.05, 4.69) is 5.32 Å². The van der Waals surface area contributed by atoms with Gasteiger partial charge in [-0.05, 0) is 42.0 Å². The highest BCUT2D eigenvalue weighted by Crippen LogP contribution is 2.20. The van der Waals surface area contributed by atoms with E-state index < -0.39 is 0 Å². The zero-order valence-corrected chi connectivity index (χ0v) is 14.2. The third-order valence-electron chi connectivity index (χ3n) is 3.67. The minimum Gasteiger partial charge on any atom is -0.497 e. The van der Waals surface area contributed by atoms with Crippen molar-refractivity contribution in [1.29, 1.82) is 0 Å². The number of carbonyl (C=O) groups is 1. The lowest BCUT2D eigenvalue weighted by Crippen LogP contribution is -2.22. The fourth-order valence-electron chi connectivity index (χ4n) is 2.29. The summed E-state index contributed by atoms with van der Waals surface area (Å²) in [6, 6.07) is 16.4. The van der Waals surface area contributed by atoms with E-state index in [0.29, 0.717) is 17.3 Å². The summed E-state index contributed by atoms with van der Waals surface area (Å²) < 4.78 is 29.1. The number of hydrogen-bond acceptors (Lipinski definition) is 4. The SMILES string of the molecule is COc1cccc(OCc2ccc(C(=O)NCc3ccc(F)cc3)o2)c1. The van der Waals surface area contributed by atoms with E-state index in [4.69, 9.17) is 13.9 Å². The first-order chi connectivity index (χ1) is 12.6. The van der Waals surface area contributed by atoms with Crippen molar-refractivity contribution in [2.24, 2.45) is 0 Å². The second-order valence-electron chi connectivity index (χ2n) is 5.54. The molecule has 6 heteroatoms. The number of methoxy groups -OCH3 is 1. The lowest BCUT2D eigenvalue weighted by atomic mass is 10.2. The largest absolute Gasteiger partial charge is 0.497 e. The number of ether oxygens (including phenoxy) is 2. The van der Waals surface area contributed by atoms with Crippen LogP contribution in [0.4, 0.5) is 4.39 Å². The molecule has 0 atom stereocenters. The van der Waals surface area contributed by atoms with Gasteiger partial charge in [-0.2, -0.15) is 0 Å². The van der Waals surface area contributed by atoms with Crippen LogP contribution in [-0.4, -0.2) is 13.0 Å². The predicted molar refractivity (Wildman–Crippen MR) is 93.6 cm³/mol. The molecule has 2 aromatic carbocycles. The van der Waals surface area contributed by atoms with E-state index in [-0.39, 0.29) is 30.6 Å². The zero-order valence-electron chi connectivity index (χ0n) is 14.2. The number of amides is 1. The van der Waals surface area contributed by atoms with Crippen LogP contribution < -0.4 is 14.8 Å². The fraction of sp³-hybridized carbons (Fsp3) is 0.150. The summed E-state index contributed by atoms with van der Waals surface area (Å²) >= 11 is 0. The monoisotopic (exact) mass is 355 g/mol. The van der Waals surface area contributed by atoms with E-state index in [9.17, 15) is 9.18 Å². The Morgan fingerprint density at radius 3 is 2.62 bits per heavy atom. The lowest BCUT2D eigenvalue weighted by Gasteiger charge is -2.06. The number of carbonyl (C=O) groups excluding carboxylic acids is 1. The van der Waals surface area contributed by atoms with Crippen LogP contribution in [0.3, 0.4) is 0 Å². The third kappa shape index (κ3) is 4.63. The molecule has 26 heavy (non-hydrogen) atoms. The Balaban J connectivity index is 1.53. The van der Waals surface area contributed by atoms with Gasteiger partial charge in [-0.1, -0.05) is 18.2 Å². The molecule has 0 unspecified atom stereocenters. The quantitative estimate of drug-likeness (QED) is 0.697. The Labute approximate surface area is 150 Å². The van der Waals surface area contributed by atoms with Crippen molar-refractivity contribution in [3.05, 3.63) is 83.6 Å². The molecule has 5 nitrogen and oxygen atoms in total. The van der Waals surface area contributed by atoms with Crippen molar-refractivity contribution in [2.75, 3.05) is 7.11 Å². The van der Waals surface area contributed by atoms with Gasteiger partial charge in [0, 0.05) is 12.6 Å². The minimum absolute atomic E-state index is 0.191. The molecule has 3 rings (SSSR count). The molecule has 0 bridgehead atoms. The van der Waals surface area contributed by atoms with Gasteiger partial charge in [-0.3, -0.25) is 4.79 Å². The van der Waals surface area contributed by atoms with Crippen molar-refractivity contribution >= 4 is 5.91 Å². The molecular weight excluding hydrogens is 337 g/mol. The Morgan fingerprint density at radius 1 is 1.08 bits per heavy atom. The first kappa shape index (κ1) is 17.5. The van der Waals surface area contributed by atoms with Crippen molar-refractivity contribution < 1.29 is 23.1 Å². The molecule has 0 aliphatic heterocycles. The standard InChI is InChI=1S/C20H18FNO4/c1-24-16-3-2-4-17(11-16)25-13-18-9-10-19(26-18)20(23)22-12-14-5-7-15(21)8-6-14/h2-11H,12-13H2,1H3,(H,22,23). The van der Waals surface area contributed by atoms with Crippen LogP contribution in [0.1, 0.15) is 21.9 Å². The van der Waals surface area contributed by atoms with E-state index in [1.165, 1.54) is 12.1 Å². The zero-order chi connectivity index (χ0) is 18.4. The van der Waals surface area contributed by atoms with Crippen LogP contribution in [-0.2, 0) is 13.2 Å². The summed E-state index contributed by atoms with van der Waals surface area (Å²) in [4.78, 5) is 12.1. The van der Waals surface area contributed by atoms with Gasteiger partial charge >= 0.3 is 0 Å². The smallest absolute Gasteiger partial charge is 0.287 e. The number of hydrogen-bond donors (Lipinski definition) is 1. The van der Waals surface area contributed by atoms with E-state index in [1.807, 2.05) is 18.2 Å². The Morgan fingerprint density at radius 2 is 1.85 bits per heavy atom. The van der Waals surface area contributed by atoms with E-state index >= 15 is 0 Å². The molecule has 0 aliphatic rings. The van der Waals surface area contributed by atoms with Crippen LogP contribution in [0.5, 0.6) is 11.5 Å². The topological polar surface area (TPSA) is 60.7 Å². The minimum atomic E-state index is -0.345. The molecule has 0 aliphatic carbocycles. The first-order valence-corrected chi connectivity index (χ1v) is 8.02. The molecular formula is C20H18FNO4. The Bertz CT molecular complexity index is 874. The molecule has 0 fully saturated rings. The van der Waals surface area contributed by atoms with Crippen LogP contribution in [0.25, 0.3) is 0 Å². The van der Waals surface area contributed by atoms with E-state index in [0.717, 1.165) is 5.56 Å². The van der Waals surface area contributed by atoms with Crippen LogP contribution in [0, 0.1) is 5.82 Å². The summed E-state index contributed by atoms with van der Waals surface area (Å²) in [6.45, 7) is 0.480. The molecule has 0 spiro atoms. The second kappa shape index (κ2) is 8.20. The average molecular weight is 355 g/mol. The number of rotatable bonds is 7. The van der Waals surface area contributed by atoms with Gasteiger partial charge in [0.15, 0.2) is 5.76 Å². The van der Waals surface area contributed by atoms with Gasteiger partial charge in [0.2, 0.25) is 0 Å². The van der Waals surface area contributed by atoms with Crippen molar-refractivity contribution in [3.63, 3.8) is 0 Å². The predicted octanol–water partition coefficient (Wildman–Crippen LogP) is 3.94. The Hall–Kier alpha value is -3.28. The summed E-state index contributed by atoms with van der Waals surface area (Å²) in [5.74, 6) is 1.40. The second-order valence-corrected chi connectivity index (χ2v) is 5.54. The summed E-state index contributed by atoms with van der Waals surface area (Å²) in [5, 5.41) is 2.72. The maximum Gasteiger partial charge on any atom is 0.287 e. The Kier molecular flexibility index (Phi) is 5.53. The molecule has 0 saturated heterocycles. The molecule has 3 aromatic rings. The highest BCUT2D eigenvalue weighted by Gasteiger charge is 2.11. The molecule has 0 saturated carbocycles. The first-order valence-electron chi connectivity index (χ1n) is 8.02. The summed E-state index contributed by atoms with van der Waals surface area (Å²) in [6.07, 6.45) is 0. The highest BCUT2D eigenvalue weighted by atomic mass is 19.1. The van der Waals surface area contributed by atoms with Gasteiger partial charge in [-0.15, -0.1) is 0 Å². The molecule has 1 amide bonds. The van der Waals surface area contributed by atoms with Gasteiger partial charge in [0.1, 0.15) is 29.7 Å². The maximum atomic E-state index is 12.9. The molecule has 0 radical (unpaired) electrons. The number of halogens is 1. The fourth-order valence-corrected chi connectivity index (χ4v) is 2.29. The summed E-state index contributed by atoms with van der Waals surface area (Å²) in [5.41, 5.74) is 0.799. The molecule has 1 heterocycles. The van der Waals surface area contributed by atoms with Gasteiger partial charge in [0.05, 0.1) is 7.11 Å². The van der Waals surface area contributed by atoms with Crippen LogP contribution in [0.15, 0.2) is 65.1 Å². The molecule has 134 valence electrons. The third-order valence-corrected chi connectivity index (χ3v) is 3.67. The normalized spacial score (nSPS) is 10.4. The van der Waals surface area contributed by atoms with Crippen LogP contribution >= 0.6 is 0 Å². The van der Waals surface area contributed by atoms with Crippen molar-refractivity contribution in [1.82, 2.24) is 5.32 Å². The lowest BCUT2D eigenvalue weighted by molar-refractivity contribution is 0.0919. The number of benzene rings is 2. The number of nitrogens with one attached hydrogen (secondary N) is 1. The molecule has 1 N–H and O–H groups in total. The van der Waals surface area contributed by atoms with Gasteiger partial charge in [0.25, 0.3) is 5.91 Å². The average Bonchev–Trinajstić information content (AvgIpc) is 3.15. The van der Waals surface area contributed by atoms with Crippen molar-refractivity contribution in [3.8, 4) is 11.5 Å². The maximum absolute atomic E-state index is 12.9.